The standard InChI is InChI=1S/C16H18F2INO3/c1-16(2,3)23-15(21)20-13-7-10(8-19)22-14(13)11-6-9(17)4-5-12(11)18/h4-6,8,13-14H,7H2,1-3H3,(H,20,21)/b10-8+/t13-,14+/m0/s1. The van der Waals surface area contributed by atoms with Crippen molar-refractivity contribution in [2.75, 3.05) is 0 Å². The van der Waals surface area contributed by atoms with E-state index in [4.69, 9.17) is 9.47 Å². The fourth-order valence-corrected chi connectivity index (χ4v) is 2.69. The molecule has 126 valence electrons. The SMILES string of the molecule is CC(C)(C)OC(=O)N[C@H]1C/C(=C\I)O[C@@H]1c1cc(F)ccc1F. The number of ether oxygens (including phenoxy) is 2. The minimum absolute atomic E-state index is 0.0688. The molecular weight excluding hydrogens is 419 g/mol. The fourth-order valence-electron chi connectivity index (χ4n) is 2.29. The van der Waals surface area contributed by atoms with E-state index in [1.54, 1.807) is 24.9 Å². The molecule has 7 heteroatoms. The van der Waals surface area contributed by atoms with Gasteiger partial charge < -0.3 is 14.8 Å². The zero-order valence-electron chi connectivity index (χ0n) is 13.0. The molecule has 1 heterocycles. The van der Waals surface area contributed by atoms with E-state index in [2.05, 4.69) is 5.32 Å². The first-order valence-electron chi connectivity index (χ1n) is 7.10. The molecule has 0 bridgehead atoms. The molecule has 2 atom stereocenters. The highest BCUT2D eigenvalue weighted by atomic mass is 127. The van der Waals surface area contributed by atoms with E-state index in [-0.39, 0.29) is 5.56 Å². The van der Waals surface area contributed by atoms with E-state index in [0.29, 0.717) is 12.2 Å². The van der Waals surface area contributed by atoms with Gasteiger partial charge in [0.2, 0.25) is 0 Å². The van der Waals surface area contributed by atoms with Crippen LogP contribution in [-0.4, -0.2) is 17.7 Å². The van der Waals surface area contributed by atoms with Crippen LogP contribution in [0, 0.1) is 11.6 Å². The topological polar surface area (TPSA) is 47.6 Å². The van der Waals surface area contributed by atoms with Gasteiger partial charge in [-0.05, 0) is 61.6 Å². The summed E-state index contributed by atoms with van der Waals surface area (Å²) in [5.41, 5.74) is -0.579. The Kier molecular flexibility index (Phi) is 5.49. The quantitative estimate of drug-likeness (QED) is 0.689. The molecule has 4 nitrogen and oxygen atoms in total. The van der Waals surface area contributed by atoms with Crippen molar-refractivity contribution < 1.29 is 23.0 Å². The van der Waals surface area contributed by atoms with Crippen molar-refractivity contribution >= 4 is 28.7 Å². The number of amides is 1. The van der Waals surface area contributed by atoms with Gasteiger partial charge in [-0.3, -0.25) is 0 Å². The van der Waals surface area contributed by atoms with Gasteiger partial charge in [0.1, 0.15) is 29.1 Å². The summed E-state index contributed by atoms with van der Waals surface area (Å²) in [5.74, 6) is -0.546. The van der Waals surface area contributed by atoms with Gasteiger partial charge >= 0.3 is 6.09 Å². The van der Waals surface area contributed by atoms with Gasteiger partial charge in [0.05, 0.1) is 6.04 Å². The Balaban J connectivity index is 2.22. The molecule has 1 amide bonds. The van der Waals surface area contributed by atoms with Crippen LogP contribution in [0.2, 0.25) is 0 Å². The zero-order valence-corrected chi connectivity index (χ0v) is 15.2. The lowest BCUT2D eigenvalue weighted by Gasteiger charge is -2.24. The highest BCUT2D eigenvalue weighted by Crippen LogP contribution is 2.37. The number of rotatable bonds is 2. The highest BCUT2D eigenvalue weighted by Gasteiger charge is 2.37. The molecule has 1 aromatic rings. The normalized spacial score (nSPS) is 22.8. The average Bonchev–Trinajstić information content (AvgIpc) is 2.82. The molecule has 0 radical (unpaired) electrons. The van der Waals surface area contributed by atoms with Gasteiger partial charge in [0.25, 0.3) is 0 Å². The first-order valence-corrected chi connectivity index (χ1v) is 8.34. The summed E-state index contributed by atoms with van der Waals surface area (Å²) >= 11 is 2.00. The molecule has 0 aliphatic carbocycles. The number of hydrogen-bond donors (Lipinski definition) is 1. The van der Waals surface area contributed by atoms with E-state index >= 15 is 0 Å². The van der Waals surface area contributed by atoms with Crippen LogP contribution < -0.4 is 5.32 Å². The maximum absolute atomic E-state index is 14.0. The van der Waals surface area contributed by atoms with Gasteiger partial charge in [-0.25, -0.2) is 13.6 Å². The van der Waals surface area contributed by atoms with Crippen LogP contribution in [0.15, 0.2) is 28.0 Å². The third-order valence-corrected chi connectivity index (χ3v) is 3.85. The second-order valence-corrected chi connectivity index (χ2v) is 6.86. The zero-order chi connectivity index (χ0) is 17.2. The lowest BCUT2D eigenvalue weighted by atomic mass is 10.0. The van der Waals surface area contributed by atoms with Gasteiger partial charge in [-0.1, -0.05) is 0 Å². The molecular formula is C16H18F2INO3. The van der Waals surface area contributed by atoms with E-state index in [0.717, 1.165) is 18.2 Å². The first-order chi connectivity index (χ1) is 10.7. The summed E-state index contributed by atoms with van der Waals surface area (Å²) in [6, 6.07) is 2.63. The Morgan fingerprint density at radius 1 is 1.43 bits per heavy atom. The summed E-state index contributed by atoms with van der Waals surface area (Å²) in [4.78, 5) is 12.0. The summed E-state index contributed by atoms with van der Waals surface area (Å²) in [6.07, 6.45) is -1.05. The van der Waals surface area contributed by atoms with Crippen molar-refractivity contribution in [2.24, 2.45) is 0 Å². The molecule has 0 unspecified atom stereocenters. The molecule has 1 aromatic carbocycles. The van der Waals surface area contributed by atoms with E-state index in [1.807, 2.05) is 22.6 Å². The molecule has 1 aliphatic rings. The largest absolute Gasteiger partial charge is 0.487 e. The molecule has 0 aromatic heterocycles. The third-order valence-electron chi connectivity index (χ3n) is 3.15. The summed E-state index contributed by atoms with van der Waals surface area (Å²) in [5, 5.41) is 2.68. The molecule has 0 spiro atoms. The van der Waals surface area contributed by atoms with Crippen LogP contribution in [0.5, 0.6) is 0 Å². The molecule has 2 rings (SSSR count). The van der Waals surface area contributed by atoms with Crippen LogP contribution >= 0.6 is 22.6 Å². The monoisotopic (exact) mass is 437 g/mol. The molecule has 23 heavy (non-hydrogen) atoms. The Labute approximate surface area is 147 Å². The Bertz CT molecular complexity index is 628. The molecule has 1 fully saturated rings. The maximum atomic E-state index is 14.0. The summed E-state index contributed by atoms with van der Waals surface area (Å²) in [7, 11) is 0. The van der Waals surface area contributed by atoms with Crippen LogP contribution in [0.25, 0.3) is 0 Å². The van der Waals surface area contributed by atoms with Crippen LogP contribution in [-0.2, 0) is 9.47 Å². The second kappa shape index (κ2) is 7.02. The second-order valence-electron chi connectivity index (χ2n) is 6.24. The molecule has 1 aliphatic heterocycles. The predicted octanol–water partition coefficient (Wildman–Crippen LogP) is 4.60. The predicted molar refractivity (Wildman–Crippen MR) is 90.1 cm³/mol. The minimum Gasteiger partial charge on any atom is -0.487 e. The maximum Gasteiger partial charge on any atom is 0.408 e. The molecule has 1 N–H and O–H groups in total. The van der Waals surface area contributed by atoms with Crippen molar-refractivity contribution in [2.45, 2.75) is 44.9 Å². The lowest BCUT2D eigenvalue weighted by Crippen LogP contribution is -2.40. The van der Waals surface area contributed by atoms with Crippen molar-refractivity contribution in [1.29, 1.82) is 0 Å². The van der Waals surface area contributed by atoms with Crippen molar-refractivity contribution in [3.05, 3.63) is 45.2 Å². The van der Waals surface area contributed by atoms with E-state index < -0.39 is 35.5 Å². The number of benzene rings is 1. The average molecular weight is 437 g/mol. The van der Waals surface area contributed by atoms with Crippen LogP contribution in [0.3, 0.4) is 0 Å². The highest BCUT2D eigenvalue weighted by molar-refractivity contribution is 14.1. The smallest absolute Gasteiger partial charge is 0.408 e. The third kappa shape index (κ3) is 4.79. The van der Waals surface area contributed by atoms with Gasteiger partial charge in [-0.2, -0.15) is 0 Å². The van der Waals surface area contributed by atoms with E-state index in [9.17, 15) is 13.6 Å². The van der Waals surface area contributed by atoms with Crippen molar-refractivity contribution in [3.63, 3.8) is 0 Å². The van der Waals surface area contributed by atoms with Crippen molar-refractivity contribution in [3.8, 4) is 0 Å². The number of carbonyl (C=O) groups is 1. The van der Waals surface area contributed by atoms with Gasteiger partial charge in [0, 0.05) is 16.1 Å². The Morgan fingerprint density at radius 3 is 2.74 bits per heavy atom. The summed E-state index contributed by atoms with van der Waals surface area (Å²) in [6.45, 7) is 5.24. The number of alkyl carbamates (subject to hydrolysis) is 1. The number of carbonyl (C=O) groups excluding carboxylic acids is 1. The molecule has 0 saturated carbocycles. The number of nitrogens with one attached hydrogen (secondary N) is 1. The fraction of sp³-hybridized carbons (Fsp3) is 0.438. The minimum atomic E-state index is -0.806. The lowest BCUT2D eigenvalue weighted by molar-refractivity contribution is 0.0462. The van der Waals surface area contributed by atoms with Gasteiger partial charge in [-0.15, -0.1) is 0 Å². The Hall–Kier alpha value is -1.38. The van der Waals surface area contributed by atoms with Crippen molar-refractivity contribution in [1.82, 2.24) is 5.32 Å². The van der Waals surface area contributed by atoms with Crippen LogP contribution in [0.1, 0.15) is 38.9 Å². The molecule has 1 saturated heterocycles. The number of hydrogen-bond acceptors (Lipinski definition) is 3. The number of halogens is 3. The summed E-state index contributed by atoms with van der Waals surface area (Å²) < 4.78 is 40.0. The van der Waals surface area contributed by atoms with Gasteiger partial charge in [0.15, 0.2) is 0 Å². The van der Waals surface area contributed by atoms with E-state index in [1.165, 1.54) is 0 Å². The van der Waals surface area contributed by atoms with Crippen LogP contribution in [0.4, 0.5) is 13.6 Å². The first kappa shape index (κ1) is 18.0. The Morgan fingerprint density at radius 2 is 2.13 bits per heavy atom.